The number of hydrogen-bond donors (Lipinski definition) is 0. The number of hydrogen-bond acceptors (Lipinski definition) is 5. The Morgan fingerprint density at radius 1 is 1.19 bits per heavy atom. The van der Waals surface area contributed by atoms with Crippen molar-refractivity contribution in [2.45, 2.75) is 80.9 Å². The van der Waals surface area contributed by atoms with E-state index in [4.69, 9.17) is 4.98 Å². The maximum Gasteiger partial charge on any atom is 0.262 e. The molecule has 1 heterocycles. The lowest BCUT2D eigenvalue weighted by atomic mass is 9.81. The minimum absolute atomic E-state index is 0.0124. The molecule has 2 fully saturated rings. The normalized spacial score (nSPS) is 19.1. The van der Waals surface area contributed by atoms with E-state index >= 15 is 0 Å². The summed E-state index contributed by atoms with van der Waals surface area (Å²) >= 11 is 1.33. The molecule has 0 bridgehead atoms. The molecule has 2 saturated carbocycles. The van der Waals surface area contributed by atoms with Crippen LogP contribution in [0.4, 0.5) is 0 Å². The Hall–Kier alpha value is -2.33. The predicted molar refractivity (Wildman–Crippen MR) is 123 cm³/mol. The quantitative estimate of drug-likeness (QED) is 0.500. The zero-order valence-electron chi connectivity index (χ0n) is 18.2. The number of carbonyl (C=O) groups excluding carboxylic acids is 1. The van der Waals surface area contributed by atoms with Gasteiger partial charge in [0.2, 0.25) is 5.91 Å². The summed E-state index contributed by atoms with van der Waals surface area (Å²) in [5.41, 5.74) is -0.0411. The van der Waals surface area contributed by atoms with Gasteiger partial charge in [0.1, 0.15) is 5.54 Å². The van der Waals surface area contributed by atoms with Gasteiger partial charge in [0.05, 0.1) is 22.7 Å². The Labute approximate surface area is 187 Å². The molecule has 0 saturated heterocycles. The van der Waals surface area contributed by atoms with E-state index < -0.39 is 5.54 Å². The highest BCUT2D eigenvalue weighted by Crippen LogP contribution is 2.34. The average molecular weight is 439 g/mol. The van der Waals surface area contributed by atoms with Gasteiger partial charge in [-0.1, -0.05) is 62.4 Å². The maximum absolute atomic E-state index is 13.3. The molecule has 4 rings (SSSR count). The van der Waals surface area contributed by atoms with Crippen LogP contribution in [0.15, 0.2) is 34.2 Å². The highest BCUT2D eigenvalue weighted by Gasteiger charge is 2.38. The van der Waals surface area contributed by atoms with Gasteiger partial charge >= 0.3 is 0 Å². The fourth-order valence-electron chi connectivity index (χ4n) is 5.01. The van der Waals surface area contributed by atoms with E-state index in [0.29, 0.717) is 16.1 Å². The smallest absolute Gasteiger partial charge is 0.262 e. The summed E-state index contributed by atoms with van der Waals surface area (Å²) in [7, 11) is 1.75. The summed E-state index contributed by atoms with van der Waals surface area (Å²) in [4.78, 5) is 32.8. The summed E-state index contributed by atoms with van der Waals surface area (Å²) in [5.74, 6) is 0.100. The van der Waals surface area contributed by atoms with Crippen molar-refractivity contribution < 1.29 is 4.79 Å². The summed E-state index contributed by atoms with van der Waals surface area (Å²) in [6.45, 7) is 0. The number of aromatic nitrogens is 2. The van der Waals surface area contributed by atoms with Gasteiger partial charge in [-0.05, 0) is 37.8 Å². The number of carbonyl (C=O) groups is 1. The fraction of sp³-hybridized carbons (Fsp3) is 0.583. The van der Waals surface area contributed by atoms with Gasteiger partial charge in [-0.3, -0.25) is 14.2 Å². The SMILES string of the molecule is CN(C(=O)CSc1nc2ccccc2c(=O)n1C1CCCCC1)C1(C#N)CCCCC1. The highest BCUT2D eigenvalue weighted by molar-refractivity contribution is 7.99. The first kappa shape index (κ1) is 21.9. The Kier molecular flexibility index (Phi) is 6.66. The first-order valence-electron chi connectivity index (χ1n) is 11.4. The molecule has 0 spiro atoms. The van der Waals surface area contributed by atoms with Crippen molar-refractivity contribution in [1.82, 2.24) is 14.5 Å². The highest BCUT2D eigenvalue weighted by atomic mass is 32.2. The van der Waals surface area contributed by atoms with E-state index in [0.717, 1.165) is 57.8 Å². The van der Waals surface area contributed by atoms with E-state index in [1.807, 2.05) is 28.8 Å². The van der Waals surface area contributed by atoms with Gasteiger partial charge in [0.15, 0.2) is 5.16 Å². The first-order chi connectivity index (χ1) is 15.1. The third-order valence-corrected chi connectivity index (χ3v) is 7.88. The number of para-hydroxylation sites is 1. The monoisotopic (exact) mass is 438 g/mol. The van der Waals surface area contributed by atoms with Crippen molar-refractivity contribution in [3.8, 4) is 6.07 Å². The Balaban J connectivity index is 1.61. The van der Waals surface area contributed by atoms with Crippen LogP contribution in [-0.4, -0.2) is 38.7 Å². The second kappa shape index (κ2) is 9.44. The van der Waals surface area contributed by atoms with Crippen LogP contribution in [0.5, 0.6) is 0 Å². The lowest BCUT2D eigenvalue weighted by Gasteiger charge is -2.39. The molecule has 2 aliphatic carbocycles. The van der Waals surface area contributed by atoms with Crippen LogP contribution < -0.4 is 5.56 Å². The van der Waals surface area contributed by atoms with Crippen molar-refractivity contribution in [1.29, 1.82) is 5.26 Å². The van der Waals surface area contributed by atoms with Crippen molar-refractivity contribution in [2.24, 2.45) is 0 Å². The van der Waals surface area contributed by atoms with Crippen LogP contribution in [0.2, 0.25) is 0 Å². The Morgan fingerprint density at radius 3 is 2.58 bits per heavy atom. The summed E-state index contributed by atoms with van der Waals surface area (Å²) in [6, 6.07) is 9.99. The summed E-state index contributed by atoms with van der Waals surface area (Å²) in [5, 5.41) is 11.1. The predicted octanol–water partition coefficient (Wildman–Crippen LogP) is 4.68. The minimum Gasteiger partial charge on any atom is -0.326 e. The van der Waals surface area contributed by atoms with Gasteiger partial charge in [0.25, 0.3) is 5.56 Å². The molecule has 1 aromatic carbocycles. The third kappa shape index (κ3) is 4.36. The van der Waals surface area contributed by atoms with Crippen LogP contribution in [0.25, 0.3) is 10.9 Å². The van der Waals surface area contributed by atoms with Crippen LogP contribution in [0.3, 0.4) is 0 Å². The summed E-state index contributed by atoms with van der Waals surface area (Å²) < 4.78 is 1.83. The molecule has 0 unspecified atom stereocenters. The molecule has 1 amide bonds. The van der Waals surface area contributed by atoms with Crippen molar-refractivity contribution in [3.05, 3.63) is 34.6 Å². The minimum atomic E-state index is -0.699. The molecule has 0 atom stereocenters. The maximum atomic E-state index is 13.3. The molecule has 7 heteroatoms. The van der Waals surface area contributed by atoms with E-state index in [2.05, 4.69) is 6.07 Å². The van der Waals surface area contributed by atoms with Gasteiger partial charge < -0.3 is 4.90 Å². The number of benzene rings is 1. The van der Waals surface area contributed by atoms with Gasteiger partial charge in [-0.25, -0.2) is 4.98 Å². The molecule has 164 valence electrons. The molecule has 0 radical (unpaired) electrons. The summed E-state index contributed by atoms with van der Waals surface area (Å²) in [6.07, 6.45) is 9.91. The molecule has 2 aromatic rings. The van der Waals surface area contributed by atoms with Crippen LogP contribution in [-0.2, 0) is 4.79 Å². The van der Waals surface area contributed by atoms with Crippen LogP contribution in [0, 0.1) is 11.3 Å². The lowest BCUT2D eigenvalue weighted by Crippen LogP contribution is -2.50. The molecule has 2 aliphatic rings. The number of thioether (sulfide) groups is 1. The lowest BCUT2D eigenvalue weighted by molar-refractivity contribution is -0.131. The molecule has 1 aromatic heterocycles. The zero-order chi connectivity index (χ0) is 21.8. The second-order valence-electron chi connectivity index (χ2n) is 8.82. The molecule has 0 aliphatic heterocycles. The third-order valence-electron chi connectivity index (χ3n) is 6.94. The van der Waals surface area contributed by atoms with Gasteiger partial charge in [-0.2, -0.15) is 5.26 Å². The van der Waals surface area contributed by atoms with Crippen molar-refractivity contribution >= 4 is 28.6 Å². The Bertz CT molecular complexity index is 1050. The average Bonchev–Trinajstić information content (AvgIpc) is 2.83. The van der Waals surface area contributed by atoms with Crippen LogP contribution >= 0.6 is 11.8 Å². The van der Waals surface area contributed by atoms with E-state index in [1.165, 1.54) is 18.2 Å². The van der Waals surface area contributed by atoms with E-state index in [-0.39, 0.29) is 23.3 Å². The number of rotatable bonds is 5. The van der Waals surface area contributed by atoms with Crippen molar-refractivity contribution in [2.75, 3.05) is 12.8 Å². The topological polar surface area (TPSA) is 79.0 Å². The molecular formula is C24H30N4O2S. The number of amides is 1. The molecular weight excluding hydrogens is 408 g/mol. The number of nitrogens with zero attached hydrogens (tertiary/aromatic N) is 4. The second-order valence-corrected chi connectivity index (χ2v) is 9.77. The van der Waals surface area contributed by atoms with E-state index in [1.54, 1.807) is 11.9 Å². The van der Waals surface area contributed by atoms with E-state index in [9.17, 15) is 14.9 Å². The fourth-order valence-corrected chi connectivity index (χ4v) is 5.99. The van der Waals surface area contributed by atoms with Crippen molar-refractivity contribution in [3.63, 3.8) is 0 Å². The van der Waals surface area contributed by atoms with Gasteiger partial charge in [0, 0.05) is 13.1 Å². The van der Waals surface area contributed by atoms with Gasteiger partial charge in [-0.15, -0.1) is 0 Å². The largest absolute Gasteiger partial charge is 0.326 e. The molecule has 31 heavy (non-hydrogen) atoms. The van der Waals surface area contributed by atoms with Crippen LogP contribution in [0.1, 0.15) is 70.3 Å². The first-order valence-corrected chi connectivity index (χ1v) is 12.4. The standard InChI is InChI=1S/C24H30N4O2S/c1-27(24(17-25)14-8-3-9-15-24)21(29)16-31-23-26-20-13-7-6-12-19(20)22(30)28(23)18-10-4-2-5-11-18/h6-7,12-13,18H,2-5,8-11,14-16H2,1H3. The number of fused-ring (bicyclic) bond motifs is 1. The Morgan fingerprint density at radius 2 is 1.87 bits per heavy atom. The molecule has 6 nitrogen and oxygen atoms in total. The zero-order valence-corrected chi connectivity index (χ0v) is 19.0. The molecule has 0 N–H and O–H groups in total. The number of nitriles is 1.